The molecule has 5 rings (SSSR count). The van der Waals surface area contributed by atoms with Crippen molar-refractivity contribution in [3.05, 3.63) is 89.7 Å². The first-order valence-corrected chi connectivity index (χ1v) is 23.1. The van der Waals surface area contributed by atoms with Gasteiger partial charge in [-0.25, -0.2) is 18.0 Å². The van der Waals surface area contributed by atoms with Crippen molar-refractivity contribution in [1.82, 2.24) is 20.3 Å². The number of ether oxygens (including phenoxy) is 6. The number of hydrogen-bond acceptors (Lipinski definition) is 19. The standard InChI is InChI=1S/C41H38N5O17PS2/c1-23(47)59-32-9-5-27(15-36(32)61-25(3)49)40(51)43-11-13-57-34-17-29-18-39(66(55,56)46-22-64(53,54)63-31-8-7-30(20-42)45-21-31)65-38(29)19-35(34)58-14-12-44-41(52)28-6-10-33(60-24(2)48)37(16-28)62-26(4)50/h5-10,15-19,21,46H,11-14,22H2,1-4H3,(H,43,51)(H,44,52)(H,53,54). The average Bonchev–Trinajstić information content (AvgIpc) is 3.68. The number of rotatable bonds is 20. The number of nitrogens with zero attached hydrogens (tertiary/aromatic N) is 2. The number of fused-ring (bicyclic) bond motifs is 1. The van der Waals surface area contributed by atoms with Crippen molar-refractivity contribution in [3.63, 3.8) is 0 Å². The van der Waals surface area contributed by atoms with Gasteiger partial charge in [-0.05, 0) is 66.0 Å². The van der Waals surface area contributed by atoms with Crippen LogP contribution in [0.3, 0.4) is 0 Å². The molecule has 2 amide bonds. The highest BCUT2D eigenvalue weighted by molar-refractivity contribution is 7.92. The Morgan fingerprint density at radius 3 is 1.67 bits per heavy atom. The molecule has 3 aromatic carbocycles. The van der Waals surface area contributed by atoms with E-state index in [2.05, 4.69) is 20.3 Å². The van der Waals surface area contributed by atoms with Crippen LogP contribution in [0.1, 0.15) is 54.1 Å². The molecular formula is C41H38N5O17PS2. The maximum Gasteiger partial charge on any atom is 0.391 e. The predicted molar refractivity (Wildman–Crippen MR) is 230 cm³/mol. The minimum Gasteiger partial charge on any atom is -0.488 e. The predicted octanol–water partition coefficient (Wildman–Crippen LogP) is 3.99. The second-order valence-corrected chi connectivity index (χ2v) is 18.2. The molecule has 0 saturated heterocycles. The quantitative estimate of drug-likeness (QED) is 0.0371. The maximum atomic E-state index is 13.3. The molecule has 0 fully saturated rings. The lowest BCUT2D eigenvalue weighted by Gasteiger charge is -2.15. The number of sulfonamides is 1. The van der Waals surface area contributed by atoms with Crippen molar-refractivity contribution in [2.24, 2.45) is 0 Å². The first kappa shape index (κ1) is 49.6. The Kier molecular flexibility index (Phi) is 16.5. The minimum atomic E-state index is -4.61. The zero-order chi connectivity index (χ0) is 48.2. The van der Waals surface area contributed by atoms with E-state index in [9.17, 15) is 46.6 Å². The van der Waals surface area contributed by atoms with Gasteiger partial charge in [0.15, 0.2) is 34.5 Å². The van der Waals surface area contributed by atoms with Crippen LogP contribution >= 0.6 is 18.9 Å². The highest BCUT2D eigenvalue weighted by Crippen LogP contribution is 2.43. The zero-order valence-corrected chi connectivity index (χ0v) is 37.6. The number of amides is 2. The molecule has 1 unspecified atom stereocenters. The van der Waals surface area contributed by atoms with E-state index in [1.165, 1.54) is 66.7 Å². The Hall–Kier alpha value is -7.42. The maximum absolute atomic E-state index is 13.3. The molecule has 66 heavy (non-hydrogen) atoms. The molecule has 346 valence electrons. The molecule has 2 heterocycles. The van der Waals surface area contributed by atoms with Crippen LogP contribution in [0.15, 0.2) is 77.1 Å². The molecule has 0 aliphatic rings. The van der Waals surface area contributed by atoms with Crippen LogP contribution in [-0.2, 0) is 33.8 Å². The fourth-order valence-corrected chi connectivity index (χ4v) is 9.37. The fourth-order valence-electron chi connectivity index (χ4n) is 5.42. The molecule has 22 nitrogen and oxygen atoms in total. The summed E-state index contributed by atoms with van der Waals surface area (Å²) in [4.78, 5) is 86.4. The van der Waals surface area contributed by atoms with Crippen LogP contribution in [0.5, 0.6) is 40.2 Å². The van der Waals surface area contributed by atoms with Gasteiger partial charge >= 0.3 is 31.5 Å². The smallest absolute Gasteiger partial charge is 0.391 e. The molecule has 0 aliphatic heterocycles. The molecule has 25 heteroatoms. The topological polar surface area (TPSA) is 311 Å². The number of thiophene rings is 1. The summed E-state index contributed by atoms with van der Waals surface area (Å²) in [6.07, 6.45) is 0.0143. The molecule has 0 spiro atoms. The number of aromatic nitrogens is 1. The summed E-state index contributed by atoms with van der Waals surface area (Å²) in [5, 5.41) is 14.5. The van der Waals surface area contributed by atoms with Gasteiger partial charge in [-0.2, -0.15) is 9.98 Å². The number of carbonyl (C=O) groups is 6. The van der Waals surface area contributed by atoms with Crippen molar-refractivity contribution >= 4 is 74.7 Å². The summed E-state index contributed by atoms with van der Waals surface area (Å²) in [7, 11) is -9.02. The normalized spacial score (nSPS) is 11.8. The summed E-state index contributed by atoms with van der Waals surface area (Å²) in [5.41, 5.74) is 0.126. The van der Waals surface area contributed by atoms with E-state index >= 15 is 0 Å². The van der Waals surface area contributed by atoms with Crippen molar-refractivity contribution in [1.29, 1.82) is 5.26 Å². The number of hydrogen-bond donors (Lipinski definition) is 4. The van der Waals surface area contributed by atoms with Gasteiger partial charge in [-0.1, -0.05) is 0 Å². The van der Waals surface area contributed by atoms with E-state index < -0.39 is 59.6 Å². The molecule has 0 aliphatic carbocycles. The van der Waals surface area contributed by atoms with Gasteiger partial charge in [-0.3, -0.25) is 28.8 Å². The number of pyridine rings is 1. The molecule has 5 aromatic rings. The summed E-state index contributed by atoms with van der Waals surface area (Å²) < 4.78 is 78.8. The van der Waals surface area contributed by atoms with Gasteiger partial charge in [0.05, 0.1) is 19.3 Å². The van der Waals surface area contributed by atoms with Gasteiger partial charge in [0, 0.05) is 49.6 Å². The third-order valence-corrected chi connectivity index (χ3v) is 12.3. The highest BCUT2D eigenvalue weighted by atomic mass is 32.2. The fraction of sp³-hybridized carbons (Fsp3) is 0.220. The minimum absolute atomic E-state index is 0.0261. The summed E-state index contributed by atoms with van der Waals surface area (Å²) in [6.45, 7) is 4.03. The molecule has 0 bridgehead atoms. The molecule has 0 radical (unpaired) electrons. The summed E-state index contributed by atoms with van der Waals surface area (Å²) in [5.74, 6) is -4.53. The highest BCUT2D eigenvalue weighted by Gasteiger charge is 2.27. The van der Waals surface area contributed by atoms with Crippen LogP contribution in [0.4, 0.5) is 0 Å². The first-order chi connectivity index (χ1) is 31.2. The number of esters is 4. The van der Waals surface area contributed by atoms with Crippen LogP contribution in [0.25, 0.3) is 10.1 Å². The van der Waals surface area contributed by atoms with Crippen LogP contribution in [0.2, 0.25) is 0 Å². The van der Waals surface area contributed by atoms with E-state index in [4.69, 9.17) is 38.2 Å². The second kappa shape index (κ2) is 22.0. The Bertz CT molecular complexity index is 2760. The summed E-state index contributed by atoms with van der Waals surface area (Å²) in [6, 6.07) is 16.1. The van der Waals surface area contributed by atoms with Crippen molar-refractivity contribution in [2.75, 3.05) is 32.6 Å². The van der Waals surface area contributed by atoms with E-state index in [-0.39, 0.29) is 87.6 Å². The van der Waals surface area contributed by atoms with E-state index in [1.54, 1.807) is 6.07 Å². The van der Waals surface area contributed by atoms with E-state index in [0.29, 0.717) is 10.1 Å². The third kappa shape index (κ3) is 14.3. The monoisotopic (exact) mass is 967 g/mol. The summed E-state index contributed by atoms with van der Waals surface area (Å²) >= 11 is 0.784. The molecule has 4 N–H and O–H groups in total. The largest absolute Gasteiger partial charge is 0.488 e. The second-order valence-electron chi connectivity index (χ2n) is 13.3. The Balaban J connectivity index is 1.31. The van der Waals surface area contributed by atoms with E-state index in [1.807, 2.05) is 0 Å². The number of benzene rings is 3. The van der Waals surface area contributed by atoms with Crippen LogP contribution in [-0.4, -0.2) is 86.6 Å². The Morgan fingerprint density at radius 1 is 0.697 bits per heavy atom. The lowest BCUT2D eigenvalue weighted by atomic mass is 10.2. The third-order valence-electron chi connectivity index (χ3n) is 8.10. The lowest BCUT2D eigenvalue weighted by Crippen LogP contribution is -2.29. The average molecular weight is 968 g/mol. The zero-order valence-electron chi connectivity index (χ0n) is 35.1. The first-order valence-electron chi connectivity index (χ1n) is 19.0. The number of nitriles is 1. The van der Waals surface area contributed by atoms with Crippen molar-refractivity contribution in [3.8, 4) is 46.3 Å². The molecule has 1 atom stereocenters. The Morgan fingerprint density at radius 2 is 1.20 bits per heavy atom. The SMILES string of the molecule is CC(=O)Oc1ccc(C(=O)NCCOc2cc3cc(S(=O)(=O)NCP(=O)(O)Oc4ccc(C#N)nc4)sc3cc2OCCNC(=O)c2ccc(OC(C)=O)c(OC(C)=O)c2)cc1OC(C)=O. The Labute approximate surface area is 379 Å². The van der Waals surface area contributed by atoms with Gasteiger partial charge in [0.2, 0.25) is 0 Å². The van der Waals surface area contributed by atoms with Crippen molar-refractivity contribution < 1.29 is 79.6 Å². The molecule has 0 saturated carbocycles. The van der Waals surface area contributed by atoms with Crippen LogP contribution in [0, 0.1) is 11.3 Å². The molecule has 2 aromatic heterocycles. The number of carbonyl (C=O) groups excluding carboxylic acids is 6. The van der Waals surface area contributed by atoms with Gasteiger partial charge in [0.1, 0.15) is 41.2 Å². The van der Waals surface area contributed by atoms with E-state index in [0.717, 1.165) is 45.2 Å². The van der Waals surface area contributed by atoms with Gasteiger partial charge in [-0.15, -0.1) is 11.3 Å². The van der Waals surface area contributed by atoms with Gasteiger partial charge < -0.3 is 48.5 Å². The van der Waals surface area contributed by atoms with Crippen LogP contribution < -0.4 is 48.3 Å². The molecular weight excluding hydrogens is 930 g/mol. The van der Waals surface area contributed by atoms with Crippen molar-refractivity contribution in [2.45, 2.75) is 31.9 Å². The lowest BCUT2D eigenvalue weighted by molar-refractivity contribution is -0.134. The number of nitrogens with one attached hydrogen (secondary N) is 3. The van der Waals surface area contributed by atoms with Gasteiger partial charge in [0.25, 0.3) is 21.8 Å².